The van der Waals surface area contributed by atoms with Gasteiger partial charge < -0.3 is 10.4 Å². The Bertz CT molecular complexity index is 507. The summed E-state index contributed by atoms with van der Waals surface area (Å²) in [6, 6.07) is 3.73. The van der Waals surface area contributed by atoms with Gasteiger partial charge in [0.2, 0.25) is 0 Å². The van der Waals surface area contributed by atoms with Crippen LogP contribution in [0.15, 0.2) is 29.9 Å². The molecule has 18 heavy (non-hydrogen) atoms. The number of hydrogen-bond acceptors (Lipinski definition) is 4. The summed E-state index contributed by atoms with van der Waals surface area (Å²) >= 11 is 1.57. The molecule has 2 rings (SSSR count). The average molecular weight is 265 g/mol. The van der Waals surface area contributed by atoms with Gasteiger partial charge in [-0.15, -0.1) is 11.3 Å². The summed E-state index contributed by atoms with van der Waals surface area (Å²) in [5.41, 5.74) is 1.05. The van der Waals surface area contributed by atoms with Gasteiger partial charge in [0.05, 0.1) is 18.7 Å². The minimum Gasteiger partial charge on any atom is -0.481 e. The molecule has 0 bridgehead atoms. The van der Waals surface area contributed by atoms with E-state index >= 15 is 0 Å². The van der Waals surface area contributed by atoms with Gasteiger partial charge in [-0.2, -0.15) is 5.10 Å². The molecule has 2 aromatic rings. The number of nitrogens with one attached hydrogen (secondary N) is 1. The third kappa shape index (κ3) is 3.41. The van der Waals surface area contributed by atoms with E-state index in [1.165, 1.54) is 0 Å². The Morgan fingerprint density at radius 2 is 2.50 bits per heavy atom. The van der Waals surface area contributed by atoms with E-state index in [0.29, 0.717) is 6.54 Å². The molecule has 1 unspecified atom stereocenters. The number of carboxylic acid groups (broad SMARTS) is 1. The van der Waals surface area contributed by atoms with E-state index in [2.05, 4.69) is 10.4 Å². The Labute approximate surface area is 109 Å². The number of hydrogen-bond donors (Lipinski definition) is 2. The fourth-order valence-electron chi connectivity index (χ4n) is 1.74. The molecule has 0 aliphatic rings. The predicted molar refractivity (Wildman–Crippen MR) is 69.4 cm³/mol. The van der Waals surface area contributed by atoms with Crippen molar-refractivity contribution >= 4 is 17.3 Å². The minimum atomic E-state index is -0.799. The molecule has 0 aromatic carbocycles. The SMILES string of the molecule is Cn1cc(CNC(CC(=O)O)c2cccs2)cn1. The van der Waals surface area contributed by atoms with Crippen molar-refractivity contribution in [2.45, 2.75) is 19.0 Å². The van der Waals surface area contributed by atoms with Crippen LogP contribution in [-0.2, 0) is 18.4 Å². The van der Waals surface area contributed by atoms with Crippen molar-refractivity contribution < 1.29 is 9.90 Å². The van der Waals surface area contributed by atoms with Crippen molar-refractivity contribution in [1.29, 1.82) is 0 Å². The highest BCUT2D eigenvalue weighted by Crippen LogP contribution is 2.22. The third-order valence-electron chi connectivity index (χ3n) is 2.58. The van der Waals surface area contributed by atoms with Crippen molar-refractivity contribution in [1.82, 2.24) is 15.1 Å². The lowest BCUT2D eigenvalue weighted by Gasteiger charge is -2.14. The standard InChI is InChI=1S/C12H15N3O2S/c1-15-8-9(7-14-15)6-13-10(5-12(16)17)11-3-2-4-18-11/h2-4,7-8,10,13H,5-6H2,1H3,(H,16,17). The van der Waals surface area contributed by atoms with Gasteiger partial charge in [-0.1, -0.05) is 6.07 Å². The van der Waals surface area contributed by atoms with Gasteiger partial charge in [-0.05, 0) is 11.4 Å². The number of carbonyl (C=O) groups is 1. The van der Waals surface area contributed by atoms with Crippen LogP contribution < -0.4 is 5.32 Å². The van der Waals surface area contributed by atoms with Crippen LogP contribution in [0.2, 0.25) is 0 Å². The molecule has 0 spiro atoms. The molecular formula is C12H15N3O2S. The smallest absolute Gasteiger partial charge is 0.305 e. The molecule has 1 atom stereocenters. The molecule has 0 aliphatic heterocycles. The number of thiophene rings is 1. The van der Waals surface area contributed by atoms with Crippen LogP contribution in [-0.4, -0.2) is 20.9 Å². The molecule has 0 fully saturated rings. The maximum atomic E-state index is 10.9. The van der Waals surface area contributed by atoms with Crippen molar-refractivity contribution in [3.05, 3.63) is 40.3 Å². The topological polar surface area (TPSA) is 67.2 Å². The highest BCUT2D eigenvalue weighted by atomic mass is 32.1. The second kappa shape index (κ2) is 5.79. The first-order valence-corrected chi connectivity index (χ1v) is 6.49. The van der Waals surface area contributed by atoms with Crippen LogP contribution >= 0.6 is 11.3 Å². The lowest BCUT2D eigenvalue weighted by Crippen LogP contribution is -2.22. The van der Waals surface area contributed by atoms with E-state index in [4.69, 9.17) is 5.11 Å². The van der Waals surface area contributed by atoms with Gasteiger partial charge >= 0.3 is 5.97 Å². The van der Waals surface area contributed by atoms with Gasteiger partial charge in [-0.25, -0.2) is 0 Å². The molecular weight excluding hydrogens is 250 g/mol. The summed E-state index contributed by atoms with van der Waals surface area (Å²) in [4.78, 5) is 11.9. The van der Waals surface area contributed by atoms with Gasteiger partial charge in [0.25, 0.3) is 0 Å². The number of aliphatic carboxylic acids is 1. The number of aromatic nitrogens is 2. The maximum Gasteiger partial charge on any atom is 0.305 e. The summed E-state index contributed by atoms with van der Waals surface area (Å²) < 4.78 is 1.73. The molecule has 2 aromatic heterocycles. The second-order valence-corrected chi connectivity index (χ2v) is 5.05. The average Bonchev–Trinajstić information content (AvgIpc) is 2.94. The van der Waals surface area contributed by atoms with E-state index < -0.39 is 5.97 Å². The lowest BCUT2D eigenvalue weighted by atomic mass is 10.1. The summed E-state index contributed by atoms with van der Waals surface area (Å²) in [6.07, 6.45) is 3.78. The minimum absolute atomic E-state index is 0.0841. The number of carboxylic acids is 1. The normalized spacial score (nSPS) is 12.5. The maximum absolute atomic E-state index is 10.9. The van der Waals surface area contributed by atoms with E-state index in [-0.39, 0.29) is 12.5 Å². The molecule has 2 N–H and O–H groups in total. The number of rotatable bonds is 6. The molecule has 0 saturated carbocycles. The molecule has 2 heterocycles. The zero-order chi connectivity index (χ0) is 13.0. The fraction of sp³-hybridized carbons (Fsp3) is 0.333. The Morgan fingerprint density at radius 1 is 1.67 bits per heavy atom. The molecule has 5 nitrogen and oxygen atoms in total. The van der Waals surface area contributed by atoms with Crippen molar-refractivity contribution in [2.75, 3.05) is 0 Å². The highest BCUT2D eigenvalue weighted by molar-refractivity contribution is 7.10. The van der Waals surface area contributed by atoms with E-state index in [1.54, 1.807) is 22.2 Å². The monoisotopic (exact) mass is 265 g/mol. The summed E-state index contributed by atoms with van der Waals surface area (Å²) in [5.74, 6) is -0.799. The van der Waals surface area contributed by atoms with Crippen LogP contribution in [0.3, 0.4) is 0 Å². The van der Waals surface area contributed by atoms with Gasteiger partial charge in [-0.3, -0.25) is 9.48 Å². The first-order chi connectivity index (χ1) is 8.65. The Hall–Kier alpha value is -1.66. The quantitative estimate of drug-likeness (QED) is 0.835. The van der Waals surface area contributed by atoms with Crippen molar-refractivity contribution in [3.8, 4) is 0 Å². The Morgan fingerprint density at radius 3 is 3.06 bits per heavy atom. The largest absolute Gasteiger partial charge is 0.481 e. The second-order valence-electron chi connectivity index (χ2n) is 4.07. The molecule has 0 radical (unpaired) electrons. The number of aryl methyl sites for hydroxylation is 1. The van der Waals surface area contributed by atoms with Crippen LogP contribution in [0, 0.1) is 0 Å². The molecule has 0 saturated heterocycles. The first-order valence-electron chi connectivity index (χ1n) is 5.61. The van der Waals surface area contributed by atoms with Crippen LogP contribution in [0.5, 0.6) is 0 Å². The lowest BCUT2D eigenvalue weighted by molar-refractivity contribution is -0.137. The fourth-order valence-corrected chi connectivity index (χ4v) is 2.54. The summed E-state index contributed by atoms with van der Waals surface area (Å²) in [7, 11) is 1.86. The Balaban J connectivity index is 1.99. The summed E-state index contributed by atoms with van der Waals surface area (Å²) in [5, 5.41) is 18.2. The van der Waals surface area contributed by atoms with Gasteiger partial charge in [0.15, 0.2) is 0 Å². The zero-order valence-corrected chi connectivity index (χ0v) is 10.9. The molecule has 0 aliphatic carbocycles. The Kier molecular flexibility index (Phi) is 4.11. The third-order valence-corrected chi connectivity index (χ3v) is 3.56. The van der Waals surface area contributed by atoms with Crippen LogP contribution in [0.25, 0.3) is 0 Å². The highest BCUT2D eigenvalue weighted by Gasteiger charge is 2.16. The summed E-state index contributed by atoms with van der Waals surface area (Å²) in [6.45, 7) is 0.615. The number of nitrogens with zero attached hydrogens (tertiary/aromatic N) is 2. The molecule has 0 amide bonds. The van der Waals surface area contributed by atoms with Gasteiger partial charge in [0, 0.05) is 30.2 Å². The van der Waals surface area contributed by atoms with E-state index in [1.807, 2.05) is 30.8 Å². The predicted octanol–water partition coefficient (Wildman–Crippen LogP) is 1.79. The van der Waals surface area contributed by atoms with Crippen LogP contribution in [0.1, 0.15) is 22.9 Å². The van der Waals surface area contributed by atoms with Crippen molar-refractivity contribution in [2.24, 2.45) is 7.05 Å². The van der Waals surface area contributed by atoms with Crippen LogP contribution in [0.4, 0.5) is 0 Å². The van der Waals surface area contributed by atoms with Crippen molar-refractivity contribution in [3.63, 3.8) is 0 Å². The van der Waals surface area contributed by atoms with E-state index in [0.717, 1.165) is 10.4 Å². The van der Waals surface area contributed by atoms with Gasteiger partial charge in [0.1, 0.15) is 0 Å². The van der Waals surface area contributed by atoms with E-state index in [9.17, 15) is 4.79 Å². The molecule has 96 valence electrons. The zero-order valence-electron chi connectivity index (χ0n) is 10.0. The first kappa shape index (κ1) is 12.8. The molecule has 6 heteroatoms.